The number of anilines is 2. The Morgan fingerprint density at radius 1 is 1.19 bits per heavy atom. The number of aliphatic hydroxyl groups excluding tert-OH is 1. The minimum Gasteiger partial charge on any atom is -0.394 e. The van der Waals surface area contributed by atoms with Crippen LogP contribution in [0, 0.1) is 5.92 Å². The zero-order chi connectivity index (χ0) is 34.1. The second-order valence-electron chi connectivity index (χ2n) is 14.7. The van der Waals surface area contributed by atoms with Gasteiger partial charge in [0.1, 0.15) is 0 Å². The number of carbonyl (C=O) groups excluding carboxylic acids is 3. The van der Waals surface area contributed by atoms with Gasteiger partial charge in [0.25, 0.3) is 5.91 Å². The highest BCUT2D eigenvalue weighted by Gasteiger charge is 2.67. The number of benzene rings is 1. The number of amides is 3. The zero-order valence-electron chi connectivity index (χ0n) is 28.9. The molecule has 0 aromatic heterocycles. The van der Waals surface area contributed by atoms with Crippen molar-refractivity contribution in [2.75, 3.05) is 36.5 Å². The summed E-state index contributed by atoms with van der Waals surface area (Å²) >= 11 is 0. The Labute approximate surface area is 280 Å². The summed E-state index contributed by atoms with van der Waals surface area (Å²) in [5.41, 5.74) is 2.14. The molecule has 6 atom stereocenters. The van der Waals surface area contributed by atoms with Gasteiger partial charge in [-0.2, -0.15) is 0 Å². The van der Waals surface area contributed by atoms with Crippen molar-refractivity contribution >= 4 is 37.5 Å². The molecule has 1 aromatic rings. The van der Waals surface area contributed by atoms with Crippen LogP contribution < -0.4 is 15.5 Å². The smallest absolute Gasteiger partial charge is 0.264 e. The number of rotatable bonds is 11. The third-order valence-electron chi connectivity index (χ3n) is 10.6. The summed E-state index contributed by atoms with van der Waals surface area (Å²) in [6.07, 6.45) is 8.43. The highest BCUT2D eigenvalue weighted by molar-refractivity contribution is 6.72. The van der Waals surface area contributed by atoms with Crippen molar-refractivity contribution < 1.29 is 28.3 Å². The number of fused-ring (bicyclic) bond motifs is 2. The third kappa shape index (κ3) is 7.14. The molecule has 3 fully saturated rings. The van der Waals surface area contributed by atoms with Crippen LogP contribution in [0.4, 0.5) is 15.5 Å². The van der Waals surface area contributed by atoms with E-state index in [4.69, 9.17) is 4.74 Å². The largest absolute Gasteiger partial charge is 0.394 e. The lowest BCUT2D eigenvalue weighted by Crippen LogP contribution is -2.45. The molecule has 5 rings (SSSR count). The maximum Gasteiger partial charge on any atom is 0.264 e. The van der Waals surface area contributed by atoms with Crippen molar-refractivity contribution in [2.45, 2.75) is 115 Å². The molecule has 0 aliphatic carbocycles. The minimum atomic E-state index is -3.48. The van der Waals surface area contributed by atoms with E-state index in [0.29, 0.717) is 30.0 Å². The summed E-state index contributed by atoms with van der Waals surface area (Å²) in [5, 5.41) is 16.1. The number of ether oxygens (including phenoxy) is 1. The standard InChI is InChI=1S/C36H53FN4O5Si/c1-23(2)10-7-11-24(3)16-19-41-30-15-14-26(39-34(44)29-13-8-17-38-29)20-28(30)36(35(41)45)25(4)33(47(5,6)37)31(46-36)21-32(43)40-18-9-12-27(40)22-42/h10,14-16,20,25,27,29,31,33,38,42H,7-9,11-13,17-19,21-22H2,1-6H3,(H,39,44)/b24-16+/t25-,27+,29-,31+,33-,36+/m1/s1. The number of carbonyl (C=O) groups is 3. The lowest BCUT2D eigenvalue weighted by molar-refractivity contribution is -0.149. The van der Waals surface area contributed by atoms with Crippen LogP contribution >= 0.6 is 0 Å². The van der Waals surface area contributed by atoms with Crippen LogP contribution in [0.15, 0.2) is 41.5 Å². The molecule has 3 N–H and O–H groups in total. The molecule has 3 amide bonds. The van der Waals surface area contributed by atoms with Crippen LogP contribution in [0.1, 0.15) is 78.2 Å². The van der Waals surface area contributed by atoms with E-state index in [9.17, 15) is 19.5 Å². The van der Waals surface area contributed by atoms with E-state index >= 15 is 4.11 Å². The Hall–Kier alpha value is -2.86. The highest BCUT2D eigenvalue weighted by atomic mass is 28.4. The van der Waals surface area contributed by atoms with E-state index in [1.54, 1.807) is 22.9 Å². The first-order valence-corrected chi connectivity index (χ1v) is 20.3. The molecule has 0 unspecified atom stereocenters. The van der Waals surface area contributed by atoms with Gasteiger partial charge < -0.3 is 34.4 Å². The molecule has 0 saturated carbocycles. The van der Waals surface area contributed by atoms with Crippen LogP contribution in [-0.2, 0) is 24.7 Å². The van der Waals surface area contributed by atoms with Crippen molar-refractivity contribution in [1.82, 2.24) is 10.2 Å². The van der Waals surface area contributed by atoms with Crippen LogP contribution in [0.5, 0.6) is 0 Å². The zero-order valence-corrected chi connectivity index (χ0v) is 29.9. The molecule has 9 nitrogen and oxygen atoms in total. The average molecular weight is 669 g/mol. The molecular weight excluding hydrogens is 616 g/mol. The van der Waals surface area contributed by atoms with Crippen LogP contribution in [0.25, 0.3) is 0 Å². The first-order chi connectivity index (χ1) is 22.3. The lowest BCUT2D eigenvalue weighted by Gasteiger charge is -2.31. The number of nitrogens with one attached hydrogen (secondary N) is 2. The van der Waals surface area contributed by atoms with Gasteiger partial charge in [-0.25, -0.2) is 0 Å². The molecular formula is C36H53FN4O5Si. The fourth-order valence-electron chi connectivity index (χ4n) is 8.22. The quantitative estimate of drug-likeness (QED) is 0.162. The van der Waals surface area contributed by atoms with Gasteiger partial charge in [0.2, 0.25) is 20.2 Å². The first-order valence-electron chi connectivity index (χ1n) is 17.3. The van der Waals surface area contributed by atoms with Crippen molar-refractivity contribution in [3.8, 4) is 0 Å². The van der Waals surface area contributed by atoms with Gasteiger partial charge in [0.05, 0.1) is 36.9 Å². The fraction of sp³-hybridized carbons (Fsp3) is 0.639. The third-order valence-corrected chi connectivity index (χ3v) is 13.1. The van der Waals surface area contributed by atoms with Crippen molar-refractivity contribution in [3.63, 3.8) is 0 Å². The van der Waals surface area contributed by atoms with Crippen molar-refractivity contribution in [2.24, 2.45) is 5.92 Å². The summed E-state index contributed by atoms with van der Waals surface area (Å²) in [6, 6.07) is 4.95. The van der Waals surface area contributed by atoms with Crippen LogP contribution in [0.2, 0.25) is 18.6 Å². The van der Waals surface area contributed by atoms with Gasteiger partial charge in [-0.15, -0.1) is 0 Å². The van der Waals surface area contributed by atoms with Crippen LogP contribution in [-0.4, -0.2) is 80.6 Å². The summed E-state index contributed by atoms with van der Waals surface area (Å²) < 4.78 is 23.2. The second-order valence-corrected chi connectivity index (χ2v) is 18.5. The van der Waals surface area contributed by atoms with E-state index in [2.05, 4.69) is 43.6 Å². The van der Waals surface area contributed by atoms with Gasteiger partial charge in [0, 0.05) is 35.8 Å². The van der Waals surface area contributed by atoms with Gasteiger partial charge in [0.15, 0.2) is 5.60 Å². The van der Waals surface area contributed by atoms with E-state index in [1.807, 2.05) is 25.1 Å². The molecule has 4 heterocycles. The summed E-state index contributed by atoms with van der Waals surface area (Å²) in [6.45, 7) is 12.9. The maximum absolute atomic E-state index is 16.3. The number of allylic oxidation sites excluding steroid dienone is 3. The number of halogens is 1. The van der Waals surface area contributed by atoms with Gasteiger partial charge in [-0.3, -0.25) is 14.4 Å². The van der Waals surface area contributed by atoms with Crippen molar-refractivity contribution in [3.05, 3.63) is 47.1 Å². The first kappa shape index (κ1) is 35.4. The Bertz CT molecular complexity index is 1420. The average Bonchev–Trinajstić information content (AvgIpc) is 3.79. The maximum atomic E-state index is 16.3. The summed E-state index contributed by atoms with van der Waals surface area (Å²) in [7, 11) is -3.48. The second kappa shape index (κ2) is 14.3. The van der Waals surface area contributed by atoms with E-state index in [1.165, 1.54) is 5.57 Å². The Morgan fingerprint density at radius 2 is 1.96 bits per heavy atom. The van der Waals surface area contributed by atoms with Gasteiger partial charge >= 0.3 is 0 Å². The molecule has 258 valence electrons. The predicted octanol–water partition coefficient (Wildman–Crippen LogP) is 5.56. The van der Waals surface area contributed by atoms with Gasteiger partial charge in [-0.05, 0) is 97.1 Å². The van der Waals surface area contributed by atoms with Crippen molar-refractivity contribution in [1.29, 1.82) is 0 Å². The molecule has 11 heteroatoms. The molecule has 3 saturated heterocycles. The molecule has 47 heavy (non-hydrogen) atoms. The molecule has 1 aromatic carbocycles. The normalized spacial score (nSPS) is 29.1. The molecule has 0 radical (unpaired) electrons. The minimum absolute atomic E-state index is 0.0522. The topological polar surface area (TPSA) is 111 Å². The molecule has 4 aliphatic heterocycles. The summed E-state index contributed by atoms with van der Waals surface area (Å²) in [5.74, 6) is -1.13. The number of nitrogens with zero attached hydrogens (tertiary/aromatic N) is 2. The number of aliphatic hydroxyl groups is 1. The summed E-state index contributed by atoms with van der Waals surface area (Å²) in [4.78, 5) is 44.8. The monoisotopic (exact) mass is 668 g/mol. The molecule has 0 bridgehead atoms. The Morgan fingerprint density at radius 3 is 2.62 bits per heavy atom. The predicted molar refractivity (Wildman–Crippen MR) is 185 cm³/mol. The van der Waals surface area contributed by atoms with E-state index in [0.717, 1.165) is 50.6 Å². The van der Waals surface area contributed by atoms with Crippen LogP contribution in [0.3, 0.4) is 0 Å². The number of hydrogen-bond acceptors (Lipinski definition) is 6. The number of hydrogen-bond donors (Lipinski definition) is 3. The van der Waals surface area contributed by atoms with E-state index < -0.39 is 31.6 Å². The number of likely N-dealkylation sites (tertiary alicyclic amines) is 1. The lowest BCUT2D eigenvalue weighted by atomic mass is 9.82. The Kier molecular flexibility index (Phi) is 10.8. The fourth-order valence-corrected chi connectivity index (χ4v) is 10.7. The SMILES string of the molecule is CC(C)=CCC/C(C)=C/CN1C(=O)[C@@]2(O[C@@H](CC(=O)N3CCC[C@H]3CO)[C@H]([Si](C)(C)F)[C@H]2C)c2cc(NC(=O)[C@H]3CCCN3)ccc21. The van der Waals surface area contributed by atoms with E-state index in [-0.39, 0.29) is 42.8 Å². The Balaban J connectivity index is 1.51. The van der Waals surface area contributed by atoms with Gasteiger partial charge in [-0.1, -0.05) is 30.2 Å². The molecule has 1 spiro atoms. The molecule has 4 aliphatic rings. The highest BCUT2D eigenvalue weighted by Crippen LogP contribution is 2.60.